The molecule has 5 N–H and O–H groups in total. The van der Waals surface area contributed by atoms with Crippen LogP contribution in [0.1, 0.15) is 64.7 Å². The highest BCUT2D eigenvalue weighted by molar-refractivity contribution is 6.00. The number of aryl methyl sites for hydroxylation is 1. The highest BCUT2D eigenvalue weighted by Gasteiger charge is 2.30. The SMILES string of the molecule is C=CC(C)(C)c1cc(O)c2oc3c(CC=C(C)C)c(O)c(O)c(CCC(C)(C)O)c3c(=O)c2c1O. The molecule has 0 aliphatic carbocycles. The molecule has 3 aromatic rings. The molecule has 0 saturated carbocycles. The fourth-order valence-electron chi connectivity index (χ4n) is 4.11. The third-order valence-electron chi connectivity index (χ3n) is 6.40. The molecule has 0 fully saturated rings. The van der Waals surface area contributed by atoms with Gasteiger partial charge in [0.05, 0.1) is 11.0 Å². The molecular weight excluding hydrogens is 448 g/mol. The summed E-state index contributed by atoms with van der Waals surface area (Å²) in [5.41, 5.74) is -1.23. The lowest BCUT2D eigenvalue weighted by Gasteiger charge is -2.23. The number of aromatic hydroxyl groups is 4. The lowest BCUT2D eigenvalue weighted by molar-refractivity contribution is 0.0713. The largest absolute Gasteiger partial charge is 0.507 e. The smallest absolute Gasteiger partial charge is 0.204 e. The van der Waals surface area contributed by atoms with Crippen LogP contribution in [0.5, 0.6) is 23.0 Å². The van der Waals surface area contributed by atoms with Crippen LogP contribution >= 0.6 is 0 Å². The molecule has 0 atom stereocenters. The van der Waals surface area contributed by atoms with Gasteiger partial charge in [0.2, 0.25) is 5.43 Å². The van der Waals surface area contributed by atoms with Crippen LogP contribution < -0.4 is 5.43 Å². The second-order valence-corrected chi connectivity index (χ2v) is 10.5. The Kier molecular flexibility index (Phi) is 6.70. The Hall–Kier alpha value is -3.45. The number of fused-ring (bicyclic) bond motifs is 2. The summed E-state index contributed by atoms with van der Waals surface area (Å²) >= 11 is 0. The van der Waals surface area contributed by atoms with E-state index in [1.165, 1.54) is 6.07 Å². The van der Waals surface area contributed by atoms with Gasteiger partial charge in [-0.25, -0.2) is 0 Å². The van der Waals surface area contributed by atoms with E-state index in [4.69, 9.17) is 4.42 Å². The normalized spacial score (nSPS) is 12.3. The average molecular weight is 483 g/mol. The summed E-state index contributed by atoms with van der Waals surface area (Å²) in [7, 11) is 0. The fourth-order valence-corrected chi connectivity index (χ4v) is 4.11. The van der Waals surface area contributed by atoms with Gasteiger partial charge in [0.1, 0.15) is 16.7 Å². The summed E-state index contributed by atoms with van der Waals surface area (Å²) in [5, 5.41) is 53.7. The van der Waals surface area contributed by atoms with Gasteiger partial charge in [-0.15, -0.1) is 6.58 Å². The molecule has 35 heavy (non-hydrogen) atoms. The molecule has 7 heteroatoms. The van der Waals surface area contributed by atoms with Gasteiger partial charge in [0.15, 0.2) is 22.8 Å². The Balaban J connectivity index is 2.57. The molecule has 0 radical (unpaired) electrons. The molecule has 2 aromatic carbocycles. The zero-order chi connectivity index (χ0) is 26.5. The van der Waals surface area contributed by atoms with Crippen molar-refractivity contribution in [1.29, 1.82) is 0 Å². The van der Waals surface area contributed by atoms with Crippen molar-refractivity contribution < 1.29 is 29.9 Å². The van der Waals surface area contributed by atoms with E-state index in [2.05, 4.69) is 6.58 Å². The Morgan fingerprint density at radius 2 is 1.57 bits per heavy atom. The lowest BCUT2D eigenvalue weighted by Crippen LogP contribution is -2.20. The third kappa shape index (κ3) is 4.73. The molecular formula is C28H34O7. The fraction of sp³-hybridized carbons (Fsp3) is 0.393. The summed E-state index contributed by atoms with van der Waals surface area (Å²) in [5.74, 6) is -1.61. The number of phenols is 4. The minimum absolute atomic E-state index is 0.00600. The standard InChI is InChI=1S/C28H34O7/c1-8-27(4,5)17-13-18(29)26-20(23(17)32)24(33)19-15(11-12-28(6,7)34)21(30)22(31)16(25(19)35-26)10-9-14(2)3/h8-9,13,29-32,34H,1,10-12H2,2-7H3. The van der Waals surface area contributed by atoms with E-state index in [0.717, 1.165) is 5.57 Å². The number of aliphatic hydroxyl groups is 1. The van der Waals surface area contributed by atoms with Crippen LogP contribution in [0.3, 0.4) is 0 Å². The Morgan fingerprint density at radius 1 is 0.971 bits per heavy atom. The molecule has 1 heterocycles. The maximum Gasteiger partial charge on any atom is 0.204 e. The number of allylic oxidation sites excluding steroid dienone is 3. The maximum absolute atomic E-state index is 13.9. The van der Waals surface area contributed by atoms with Crippen LogP contribution in [0.4, 0.5) is 0 Å². The Bertz CT molecular complexity index is 1410. The minimum Gasteiger partial charge on any atom is -0.507 e. The number of hydrogen-bond donors (Lipinski definition) is 5. The monoisotopic (exact) mass is 482 g/mol. The highest BCUT2D eigenvalue weighted by Crippen LogP contribution is 2.45. The molecule has 1 aromatic heterocycles. The highest BCUT2D eigenvalue weighted by atomic mass is 16.4. The Labute approximate surface area is 204 Å². The molecule has 0 saturated heterocycles. The molecule has 0 aliphatic rings. The van der Waals surface area contributed by atoms with Crippen molar-refractivity contribution >= 4 is 21.9 Å². The van der Waals surface area contributed by atoms with Crippen LogP contribution in [0, 0.1) is 0 Å². The third-order valence-corrected chi connectivity index (χ3v) is 6.40. The van der Waals surface area contributed by atoms with Crippen LogP contribution in [0.2, 0.25) is 0 Å². The summed E-state index contributed by atoms with van der Waals surface area (Å²) < 4.78 is 6.01. The van der Waals surface area contributed by atoms with Crippen molar-refractivity contribution in [3.63, 3.8) is 0 Å². The maximum atomic E-state index is 13.9. The van der Waals surface area contributed by atoms with E-state index in [1.54, 1.807) is 33.8 Å². The molecule has 0 aliphatic heterocycles. The molecule has 3 rings (SSSR count). The van der Waals surface area contributed by atoms with Crippen molar-refractivity contribution in [2.24, 2.45) is 0 Å². The van der Waals surface area contributed by atoms with Crippen LogP contribution in [0.15, 0.2) is 39.6 Å². The van der Waals surface area contributed by atoms with E-state index >= 15 is 0 Å². The van der Waals surface area contributed by atoms with Crippen molar-refractivity contribution in [2.75, 3.05) is 0 Å². The first-order valence-electron chi connectivity index (χ1n) is 11.5. The van der Waals surface area contributed by atoms with E-state index in [1.807, 2.05) is 19.9 Å². The molecule has 0 amide bonds. The molecule has 188 valence electrons. The average Bonchev–Trinajstić information content (AvgIpc) is 2.75. The number of phenolic OH excluding ortho intramolecular Hbond substituents is 4. The molecule has 0 spiro atoms. The lowest BCUT2D eigenvalue weighted by atomic mass is 9.83. The number of hydrogen-bond acceptors (Lipinski definition) is 7. The van der Waals surface area contributed by atoms with Gasteiger partial charge in [0, 0.05) is 22.1 Å². The first-order valence-corrected chi connectivity index (χ1v) is 11.5. The van der Waals surface area contributed by atoms with E-state index < -0.39 is 27.9 Å². The van der Waals surface area contributed by atoms with Gasteiger partial charge in [0.25, 0.3) is 0 Å². The topological polar surface area (TPSA) is 131 Å². The minimum atomic E-state index is -1.10. The van der Waals surface area contributed by atoms with Crippen molar-refractivity contribution in [3.05, 3.63) is 57.3 Å². The second kappa shape index (κ2) is 8.96. The van der Waals surface area contributed by atoms with Gasteiger partial charge in [-0.3, -0.25) is 4.79 Å². The summed E-state index contributed by atoms with van der Waals surface area (Å²) in [6.07, 6.45) is 3.80. The van der Waals surface area contributed by atoms with Crippen LogP contribution in [-0.2, 0) is 18.3 Å². The van der Waals surface area contributed by atoms with E-state index in [9.17, 15) is 30.3 Å². The van der Waals surface area contributed by atoms with Gasteiger partial charge < -0.3 is 29.9 Å². The predicted molar refractivity (Wildman–Crippen MR) is 138 cm³/mol. The van der Waals surface area contributed by atoms with Crippen LogP contribution in [-0.4, -0.2) is 31.1 Å². The quantitative estimate of drug-likeness (QED) is 0.131. The van der Waals surface area contributed by atoms with Gasteiger partial charge in [-0.05, 0) is 53.0 Å². The van der Waals surface area contributed by atoms with Gasteiger partial charge in [-0.1, -0.05) is 31.6 Å². The predicted octanol–water partition coefficient (Wildman–Crippen LogP) is 5.44. The molecule has 7 nitrogen and oxygen atoms in total. The summed E-state index contributed by atoms with van der Waals surface area (Å²) in [4.78, 5) is 13.9. The van der Waals surface area contributed by atoms with Crippen molar-refractivity contribution in [2.45, 2.75) is 71.8 Å². The van der Waals surface area contributed by atoms with E-state index in [0.29, 0.717) is 0 Å². The van der Waals surface area contributed by atoms with Gasteiger partial charge in [-0.2, -0.15) is 0 Å². The second-order valence-electron chi connectivity index (χ2n) is 10.5. The van der Waals surface area contributed by atoms with Crippen LogP contribution in [0.25, 0.3) is 21.9 Å². The zero-order valence-electron chi connectivity index (χ0n) is 21.1. The first kappa shape index (κ1) is 26.2. The van der Waals surface area contributed by atoms with Gasteiger partial charge >= 0.3 is 0 Å². The molecule has 0 bridgehead atoms. The zero-order valence-corrected chi connectivity index (χ0v) is 21.1. The Morgan fingerprint density at radius 3 is 2.11 bits per heavy atom. The summed E-state index contributed by atoms with van der Waals surface area (Å²) in [6, 6.07) is 1.33. The number of benzene rings is 2. The van der Waals surface area contributed by atoms with E-state index in [-0.39, 0.29) is 69.4 Å². The first-order chi connectivity index (χ1) is 16.1. The number of rotatable bonds is 7. The summed E-state index contributed by atoms with van der Waals surface area (Å²) in [6.45, 7) is 14.3. The van der Waals surface area contributed by atoms with Crippen molar-refractivity contribution in [1.82, 2.24) is 0 Å². The molecule has 0 unspecified atom stereocenters. The van der Waals surface area contributed by atoms with Crippen molar-refractivity contribution in [3.8, 4) is 23.0 Å².